The fourth-order valence-electron chi connectivity index (χ4n) is 1.59. The molecular formula is C17H20FN3O. The number of benzene rings is 1. The molecule has 3 N–H and O–H groups in total. The topological polar surface area (TPSA) is 71.5 Å². The second kappa shape index (κ2) is 8.56. The lowest BCUT2D eigenvalue weighted by molar-refractivity contribution is 0.256. The minimum atomic E-state index is -0.616. The van der Waals surface area contributed by atoms with Gasteiger partial charge in [-0.25, -0.2) is 9.38 Å². The summed E-state index contributed by atoms with van der Waals surface area (Å²) in [6.07, 6.45) is 4.26. The van der Waals surface area contributed by atoms with Crippen molar-refractivity contribution in [1.82, 2.24) is 0 Å². The van der Waals surface area contributed by atoms with E-state index in [4.69, 9.17) is 15.9 Å². The number of nitrogens with zero attached hydrogens (tertiary/aromatic N) is 1. The van der Waals surface area contributed by atoms with Crippen LogP contribution in [0.5, 0.6) is 0 Å². The monoisotopic (exact) mass is 301 g/mol. The van der Waals surface area contributed by atoms with E-state index < -0.39 is 5.83 Å². The van der Waals surface area contributed by atoms with Gasteiger partial charge in [0.2, 0.25) is 5.88 Å². The van der Waals surface area contributed by atoms with Crippen LogP contribution in [0.15, 0.2) is 59.3 Å². The normalized spacial score (nSPS) is 13.0. The van der Waals surface area contributed by atoms with Gasteiger partial charge in [-0.15, -0.1) is 0 Å². The zero-order valence-corrected chi connectivity index (χ0v) is 12.8. The van der Waals surface area contributed by atoms with Crippen molar-refractivity contribution in [3.05, 3.63) is 65.5 Å². The van der Waals surface area contributed by atoms with Crippen LogP contribution in [-0.2, 0) is 4.74 Å². The van der Waals surface area contributed by atoms with Crippen molar-refractivity contribution in [3.8, 4) is 0 Å². The fourth-order valence-corrected chi connectivity index (χ4v) is 1.59. The number of hydrogen-bond donors (Lipinski definition) is 2. The minimum absolute atomic E-state index is 0.0226. The Labute approximate surface area is 130 Å². The molecule has 0 amide bonds. The molecule has 0 aliphatic heterocycles. The Balaban J connectivity index is 2.74. The summed E-state index contributed by atoms with van der Waals surface area (Å²) in [5.74, 6) is -0.396. The van der Waals surface area contributed by atoms with E-state index in [2.05, 4.69) is 11.6 Å². The van der Waals surface area contributed by atoms with E-state index in [9.17, 15) is 4.39 Å². The molecule has 0 aromatic heterocycles. The summed E-state index contributed by atoms with van der Waals surface area (Å²) < 4.78 is 18.7. The molecule has 0 radical (unpaired) electrons. The molecule has 1 aromatic carbocycles. The van der Waals surface area contributed by atoms with Crippen LogP contribution in [0, 0.1) is 5.41 Å². The third-order valence-corrected chi connectivity index (χ3v) is 2.80. The van der Waals surface area contributed by atoms with Crippen LogP contribution in [-0.4, -0.2) is 18.5 Å². The van der Waals surface area contributed by atoms with Gasteiger partial charge in [0.25, 0.3) is 0 Å². The highest BCUT2D eigenvalue weighted by Gasteiger charge is 2.06. The standard InChI is InChI=1S/C17H20FN3O/c1-4-13-8-6-7-9-14(13)16(20)11-22-17(5-2)21-10-15(18)12(3)19/h4-10,20H,1,11,19H2,2-3H3/b15-12-,17-5-,20-16?,21-10-. The summed E-state index contributed by atoms with van der Waals surface area (Å²) >= 11 is 0. The van der Waals surface area contributed by atoms with Crippen LogP contribution in [0.1, 0.15) is 25.0 Å². The predicted octanol–water partition coefficient (Wildman–Crippen LogP) is 3.81. The summed E-state index contributed by atoms with van der Waals surface area (Å²) in [7, 11) is 0. The van der Waals surface area contributed by atoms with E-state index in [1.54, 1.807) is 19.1 Å². The number of halogens is 1. The Morgan fingerprint density at radius 3 is 2.73 bits per heavy atom. The summed E-state index contributed by atoms with van der Waals surface area (Å²) in [4.78, 5) is 3.86. The van der Waals surface area contributed by atoms with Crippen LogP contribution in [0.3, 0.4) is 0 Å². The van der Waals surface area contributed by atoms with Crippen LogP contribution >= 0.6 is 0 Å². The maximum Gasteiger partial charge on any atom is 0.209 e. The number of nitrogens with two attached hydrogens (primary N) is 1. The largest absolute Gasteiger partial charge is 0.471 e. The summed E-state index contributed by atoms with van der Waals surface area (Å²) in [5.41, 5.74) is 7.23. The maximum atomic E-state index is 13.3. The first-order valence-corrected chi connectivity index (χ1v) is 6.73. The summed E-state index contributed by atoms with van der Waals surface area (Å²) in [6, 6.07) is 7.41. The van der Waals surface area contributed by atoms with E-state index in [0.717, 1.165) is 17.3 Å². The quantitative estimate of drug-likeness (QED) is 0.594. The second-order valence-corrected chi connectivity index (χ2v) is 4.47. The van der Waals surface area contributed by atoms with Crippen LogP contribution in [0.25, 0.3) is 6.08 Å². The van der Waals surface area contributed by atoms with Gasteiger partial charge in [0.15, 0.2) is 5.83 Å². The number of allylic oxidation sites excluding steroid dienone is 3. The van der Waals surface area contributed by atoms with Gasteiger partial charge in [0.05, 0.1) is 11.9 Å². The Hall–Kier alpha value is -2.69. The van der Waals surface area contributed by atoms with Crippen molar-refractivity contribution in [2.24, 2.45) is 10.7 Å². The van der Waals surface area contributed by atoms with Gasteiger partial charge in [-0.05, 0) is 25.5 Å². The molecule has 1 aromatic rings. The SMILES string of the molecule is C=Cc1ccccc1C(=N)COC(=C\C)/N=C\C(F)=C(/C)N. The average molecular weight is 301 g/mol. The molecule has 1 rings (SSSR count). The minimum Gasteiger partial charge on any atom is -0.471 e. The van der Waals surface area contributed by atoms with E-state index >= 15 is 0 Å². The molecule has 0 bridgehead atoms. The number of ether oxygens (including phenoxy) is 1. The van der Waals surface area contributed by atoms with Gasteiger partial charge < -0.3 is 15.9 Å². The lowest BCUT2D eigenvalue weighted by atomic mass is 10.0. The van der Waals surface area contributed by atoms with Gasteiger partial charge >= 0.3 is 0 Å². The van der Waals surface area contributed by atoms with E-state index in [0.29, 0.717) is 0 Å². The number of rotatable bonds is 7. The lowest BCUT2D eigenvalue weighted by Crippen LogP contribution is -2.10. The van der Waals surface area contributed by atoms with Gasteiger partial charge in [-0.2, -0.15) is 0 Å². The van der Waals surface area contributed by atoms with Crippen LogP contribution in [0.4, 0.5) is 4.39 Å². The highest BCUT2D eigenvalue weighted by molar-refractivity contribution is 6.02. The van der Waals surface area contributed by atoms with Crippen molar-refractivity contribution in [3.63, 3.8) is 0 Å². The van der Waals surface area contributed by atoms with E-state index in [1.807, 2.05) is 24.3 Å². The Morgan fingerprint density at radius 2 is 2.14 bits per heavy atom. The molecule has 0 aliphatic rings. The van der Waals surface area contributed by atoms with Crippen molar-refractivity contribution >= 4 is 18.0 Å². The number of nitrogens with one attached hydrogen (secondary N) is 1. The van der Waals surface area contributed by atoms with Crippen molar-refractivity contribution in [2.75, 3.05) is 6.61 Å². The lowest BCUT2D eigenvalue weighted by Gasteiger charge is -2.09. The van der Waals surface area contributed by atoms with Gasteiger partial charge in [0, 0.05) is 11.3 Å². The molecule has 5 heteroatoms. The predicted molar refractivity (Wildman–Crippen MR) is 89.6 cm³/mol. The molecule has 0 heterocycles. The molecule has 116 valence electrons. The van der Waals surface area contributed by atoms with Crippen molar-refractivity contribution in [2.45, 2.75) is 13.8 Å². The maximum absolute atomic E-state index is 13.3. The van der Waals surface area contributed by atoms with Crippen molar-refractivity contribution in [1.29, 1.82) is 5.41 Å². The zero-order chi connectivity index (χ0) is 16.5. The highest BCUT2D eigenvalue weighted by atomic mass is 19.1. The van der Waals surface area contributed by atoms with Crippen LogP contribution < -0.4 is 5.73 Å². The molecule has 0 fully saturated rings. The molecule has 0 unspecified atom stereocenters. The molecule has 0 saturated heterocycles. The molecule has 0 aliphatic carbocycles. The first-order valence-electron chi connectivity index (χ1n) is 6.73. The van der Waals surface area contributed by atoms with E-state index in [1.165, 1.54) is 6.92 Å². The van der Waals surface area contributed by atoms with Crippen LogP contribution in [0.2, 0.25) is 0 Å². The molecule has 0 atom stereocenters. The molecular weight excluding hydrogens is 281 g/mol. The zero-order valence-electron chi connectivity index (χ0n) is 12.8. The fraction of sp³-hybridized carbons (Fsp3) is 0.176. The second-order valence-electron chi connectivity index (χ2n) is 4.47. The Morgan fingerprint density at radius 1 is 1.45 bits per heavy atom. The summed E-state index contributed by atoms with van der Waals surface area (Å²) in [5, 5.41) is 8.07. The Bertz CT molecular complexity index is 641. The molecule has 0 saturated carbocycles. The Kier molecular flexibility index (Phi) is 6.76. The highest BCUT2D eigenvalue weighted by Crippen LogP contribution is 2.12. The molecule has 22 heavy (non-hydrogen) atoms. The molecule has 4 nitrogen and oxygen atoms in total. The summed E-state index contributed by atoms with van der Waals surface area (Å²) in [6.45, 7) is 6.90. The molecule has 0 spiro atoms. The smallest absolute Gasteiger partial charge is 0.209 e. The third kappa shape index (κ3) is 5.01. The van der Waals surface area contributed by atoms with Crippen molar-refractivity contribution < 1.29 is 9.13 Å². The van der Waals surface area contributed by atoms with Gasteiger partial charge in [0.1, 0.15) is 6.61 Å². The first kappa shape index (κ1) is 17.4. The van der Waals surface area contributed by atoms with E-state index in [-0.39, 0.29) is 23.9 Å². The number of hydrogen-bond acceptors (Lipinski definition) is 4. The van der Waals surface area contributed by atoms with Gasteiger partial charge in [-0.3, -0.25) is 0 Å². The average Bonchev–Trinajstić information content (AvgIpc) is 2.54. The first-order chi connectivity index (χ1) is 10.5. The van der Waals surface area contributed by atoms with Gasteiger partial charge in [-0.1, -0.05) is 36.9 Å². The third-order valence-electron chi connectivity index (χ3n) is 2.80. The number of aliphatic imine (C=N–C) groups is 1.